The smallest absolute Gasteiger partial charge is 0.250 e. The van der Waals surface area contributed by atoms with Crippen LogP contribution in [0.4, 0.5) is 5.69 Å². The molecule has 1 unspecified atom stereocenters. The Morgan fingerprint density at radius 2 is 1.90 bits per heavy atom. The second-order valence-corrected chi connectivity index (χ2v) is 8.04. The molecule has 1 aromatic carbocycles. The van der Waals surface area contributed by atoms with E-state index in [0.29, 0.717) is 6.04 Å². The number of hydrogen-bond acceptors (Lipinski definition) is 3. The second kappa shape index (κ2) is 12.7. The third kappa shape index (κ3) is 7.55. The summed E-state index contributed by atoms with van der Waals surface area (Å²) in [4.78, 5) is 19.1. The first kappa shape index (κ1) is 25.2. The number of hydrogen-bond donors (Lipinski definition) is 2. The zero-order valence-electron chi connectivity index (χ0n) is 18.9. The van der Waals surface area contributed by atoms with Crippen molar-refractivity contribution in [3.63, 3.8) is 0 Å². The van der Waals surface area contributed by atoms with E-state index in [1.54, 1.807) is 6.07 Å². The van der Waals surface area contributed by atoms with Gasteiger partial charge in [0.1, 0.15) is 0 Å². The van der Waals surface area contributed by atoms with E-state index in [1.165, 1.54) is 11.3 Å². The van der Waals surface area contributed by atoms with Crippen LogP contribution < -0.4 is 21.1 Å². The summed E-state index contributed by atoms with van der Waals surface area (Å²) in [5.74, 6) is 0.890. The molecule has 0 spiro atoms. The summed E-state index contributed by atoms with van der Waals surface area (Å²) >= 11 is 0. The van der Waals surface area contributed by atoms with Gasteiger partial charge in [0.15, 0.2) is 5.96 Å². The van der Waals surface area contributed by atoms with Gasteiger partial charge in [0.25, 0.3) is 5.56 Å². The zero-order chi connectivity index (χ0) is 21.3. The average Bonchev–Trinajstić information content (AvgIpc) is 3.19. The molecule has 1 aromatic heterocycles. The number of nitrogens with zero attached hydrogens (tertiary/aromatic N) is 3. The molecular weight excluding hydrogens is 501 g/mol. The summed E-state index contributed by atoms with van der Waals surface area (Å²) in [6, 6.07) is 14.6. The molecule has 1 atom stereocenters. The fraction of sp³-hybridized carbons (Fsp3) is 0.500. The predicted octanol–water partition coefficient (Wildman–Crippen LogP) is 3.70. The molecule has 2 heterocycles. The van der Waals surface area contributed by atoms with Gasteiger partial charge in [-0.1, -0.05) is 23.8 Å². The Hall–Kier alpha value is -2.03. The second-order valence-electron chi connectivity index (χ2n) is 8.04. The largest absolute Gasteiger partial charge is 0.369 e. The maximum Gasteiger partial charge on any atom is 0.250 e. The van der Waals surface area contributed by atoms with Crippen molar-refractivity contribution in [3.8, 4) is 0 Å². The molecule has 0 bridgehead atoms. The van der Waals surface area contributed by atoms with Gasteiger partial charge in [0.05, 0.1) is 0 Å². The molecule has 31 heavy (non-hydrogen) atoms. The molecule has 2 aromatic rings. The quantitative estimate of drug-likeness (QED) is 0.234. The fourth-order valence-electron chi connectivity index (χ4n) is 3.86. The van der Waals surface area contributed by atoms with E-state index >= 15 is 0 Å². The van der Waals surface area contributed by atoms with E-state index < -0.39 is 0 Å². The van der Waals surface area contributed by atoms with Gasteiger partial charge in [-0.25, -0.2) is 0 Å². The number of pyridine rings is 1. The maximum absolute atomic E-state index is 11.9. The summed E-state index contributed by atoms with van der Waals surface area (Å²) in [5, 5.41) is 6.96. The molecule has 1 aliphatic rings. The number of nitrogens with one attached hydrogen (secondary N) is 2. The van der Waals surface area contributed by atoms with Crippen molar-refractivity contribution in [2.45, 2.75) is 52.6 Å². The van der Waals surface area contributed by atoms with Crippen LogP contribution in [0.5, 0.6) is 0 Å². The van der Waals surface area contributed by atoms with Gasteiger partial charge in [-0.15, -0.1) is 24.0 Å². The monoisotopic (exact) mass is 537 g/mol. The fourth-order valence-corrected chi connectivity index (χ4v) is 3.86. The third-order valence-corrected chi connectivity index (χ3v) is 5.60. The van der Waals surface area contributed by atoms with E-state index in [4.69, 9.17) is 4.99 Å². The van der Waals surface area contributed by atoms with Crippen LogP contribution in [0.1, 0.15) is 37.4 Å². The molecule has 1 saturated heterocycles. The van der Waals surface area contributed by atoms with Gasteiger partial charge < -0.3 is 20.1 Å². The number of unbranched alkanes of at least 4 members (excludes halogenated alkanes) is 1. The van der Waals surface area contributed by atoms with E-state index in [1.807, 2.05) is 23.6 Å². The molecule has 3 rings (SSSR count). The molecule has 7 heteroatoms. The van der Waals surface area contributed by atoms with E-state index in [-0.39, 0.29) is 29.5 Å². The van der Waals surface area contributed by atoms with Crippen molar-refractivity contribution in [1.82, 2.24) is 15.2 Å². The van der Waals surface area contributed by atoms with Crippen LogP contribution in [0.3, 0.4) is 0 Å². The predicted molar refractivity (Wildman–Crippen MR) is 141 cm³/mol. The van der Waals surface area contributed by atoms with Crippen LogP contribution in [0.15, 0.2) is 52.3 Å². The zero-order valence-corrected chi connectivity index (χ0v) is 21.3. The standard InChI is InChI=1S/C24H35N5O.HI/c1-4-25-24(26-15-5-6-16-29-20(3)8-7-9-23(29)30)27-21-14-17-28(18-21)22-12-10-19(2)11-13-22;/h7-13,21H,4-6,14-18H2,1-3H3,(H2,25,26,27);1H. The van der Waals surface area contributed by atoms with E-state index in [2.05, 4.69) is 53.6 Å². The van der Waals surface area contributed by atoms with Crippen LogP contribution in [-0.2, 0) is 6.54 Å². The molecule has 170 valence electrons. The van der Waals surface area contributed by atoms with Crippen LogP contribution in [0.25, 0.3) is 0 Å². The van der Waals surface area contributed by atoms with Crippen molar-refractivity contribution in [2.24, 2.45) is 4.99 Å². The molecule has 1 fully saturated rings. The van der Waals surface area contributed by atoms with Gasteiger partial charge >= 0.3 is 0 Å². The summed E-state index contributed by atoms with van der Waals surface area (Å²) in [6.45, 7) is 10.6. The summed E-state index contributed by atoms with van der Waals surface area (Å²) in [7, 11) is 0. The van der Waals surface area contributed by atoms with Crippen LogP contribution in [0, 0.1) is 13.8 Å². The van der Waals surface area contributed by atoms with Crippen LogP contribution in [-0.4, -0.2) is 42.7 Å². The van der Waals surface area contributed by atoms with Crippen molar-refractivity contribution in [3.05, 3.63) is 64.1 Å². The highest BCUT2D eigenvalue weighted by Gasteiger charge is 2.23. The van der Waals surface area contributed by atoms with E-state index in [0.717, 1.165) is 63.6 Å². The molecular formula is C24H36IN5O. The first-order valence-corrected chi connectivity index (χ1v) is 11.1. The minimum absolute atomic E-state index is 0. The summed E-state index contributed by atoms with van der Waals surface area (Å²) in [6.07, 6.45) is 3.00. The molecule has 0 radical (unpaired) electrons. The number of guanidine groups is 1. The van der Waals surface area contributed by atoms with Crippen molar-refractivity contribution >= 4 is 35.6 Å². The summed E-state index contributed by atoms with van der Waals surface area (Å²) in [5.41, 5.74) is 3.67. The first-order chi connectivity index (χ1) is 14.6. The number of aliphatic imine (C=N–C) groups is 1. The van der Waals surface area contributed by atoms with Crippen molar-refractivity contribution in [2.75, 3.05) is 31.1 Å². The normalized spacial score (nSPS) is 16.2. The van der Waals surface area contributed by atoms with Gasteiger partial charge in [0.2, 0.25) is 0 Å². The Kier molecular flexibility index (Phi) is 10.4. The molecule has 1 aliphatic heterocycles. The number of benzene rings is 1. The Labute approximate surface area is 203 Å². The van der Waals surface area contributed by atoms with E-state index in [9.17, 15) is 4.79 Å². The molecule has 0 saturated carbocycles. The summed E-state index contributed by atoms with van der Waals surface area (Å²) < 4.78 is 1.84. The molecule has 0 amide bonds. The Morgan fingerprint density at radius 3 is 2.61 bits per heavy atom. The number of anilines is 1. The van der Waals surface area contributed by atoms with Gasteiger partial charge in [-0.2, -0.15) is 0 Å². The van der Waals surface area contributed by atoms with Gasteiger partial charge in [-0.05, 0) is 58.2 Å². The molecule has 0 aliphatic carbocycles. The average molecular weight is 537 g/mol. The van der Waals surface area contributed by atoms with Gasteiger partial charge in [0, 0.05) is 56.2 Å². The SMILES string of the molecule is CCNC(=NCCCCn1c(C)cccc1=O)NC1CCN(c2ccc(C)cc2)C1.I. The molecule has 2 N–H and O–H groups in total. The van der Waals surface area contributed by atoms with Crippen molar-refractivity contribution in [1.29, 1.82) is 0 Å². The lowest BCUT2D eigenvalue weighted by Crippen LogP contribution is -2.44. The number of aryl methyl sites for hydroxylation is 2. The maximum atomic E-state index is 11.9. The number of rotatable bonds is 8. The number of halogens is 1. The van der Waals surface area contributed by atoms with Gasteiger partial charge in [-0.3, -0.25) is 9.79 Å². The van der Waals surface area contributed by atoms with Crippen LogP contribution >= 0.6 is 24.0 Å². The highest BCUT2D eigenvalue weighted by Crippen LogP contribution is 2.20. The third-order valence-electron chi connectivity index (χ3n) is 5.60. The lowest BCUT2D eigenvalue weighted by molar-refractivity contribution is 0.583. The minimum Gasteiger partial charge on any atom is -0.369 e. The Morgan fingerprint density at radius 1 is 1.13 bits per heavy atom. The number of aromatic nitrogens is 1. The Balaban J connectivity index is 0.00000341. The Bertz CT molecular complexity index is 894. The minimum atomic E-state index is 0. The van der Waals surface area contributed by atoms with Crippen LogP contribution in [0.2, 0.25) is 0 Å². The lowest BCUT2D eigenvalue weighted by Gasteiger charge is -2.20. The molecule has 6 nitrogen and oxygen atoms in total. The first-order valence-electron chi connectivity index (χ1n) is 11.1. The topological polar surface area (TPSA) is 61.7 Å². The lowest BCUT2D eigenvalue weighted by atomic mass is 10.2. The van der Waals surface area contributed by atoms with Crippen molar-refractivity contribution < 1.29 is 0 Å². The highest BCUT2D eigenvalue weighted by atomic mass is 127. The highest BCUT2D eigenvalue weighted by molar-refractivity contribution is 14.0.